The molecule has 0 aliphatic heterocycles. The fraction of sp³-hybridized carbons (Fsp3) is 0.474. The van der Waals surface area contributed by atoms with Crippen molar-refractivity contribution in [1.29, 1.82) is 0 Å². The van der Waals surface area contributed by atoms with Crippen molar-refractivity contribution in [2.75, 3.05) is 11.9 Å². The average molecular weight is 343 g/mol. The van der Waals surface area contributed by atoms with Crippen molar-refractivity contribution < 1.29 is 14.3 Å². The van der Waals surface area contributed by atoms with Gasteiger partial charge in [0.25, 0.3) is 0 Å². The Balaban J connectivity index is 1.52. The van der Waals surface area contributed by atoms with Crippen molar-refractivity contribution in [2.24, 2.45) is 5.92 Å². The summed E-state index contributed by atoms with van der Waals surface area (Å²) in [5, 5.41) is 15.2. The standard InChI is InChI=1S/C19H25N3O3/c1-12(2)17-11-20-18(25-17)14-4-6-15(7-5-14)22-19(24)21-10-13-3-8-16(23)9-13/h4-7,11-13,16,23H,3,8-10H2,1-2H3,(H2,21,22,24)/t13-,16+/m0/s1. The van der Waals surface area contributed by atoms with E-state index < -0.39 is 0 Å². The molecule has 0 radical (unpaired) electrons. The molecule has 2 aromatic rings. The van der Waals surface area contributed by atoms with Crippen molar-refractivity contribution in [3.8, 4) is 11.5 Å². The number of carbonyl (C=O) groups excluding carboxylic acids is 1. The van der Waals surface area contributed by atoms with Gasteiger partial charge in [0.05, 0.1) is 12.3 Å². The number of anilines is 1. The SMILES string of the molecule is CC(C)c1cnc(-c2ccc(NC(=O)NC[C@H]3CC[C@@H](O)C3)cc2)o1. The van der Waals surface area contributed by atoms with E-state index >= 15 is 0 Å². The highest BCUT2D eigenvalue weighted by Crippen LogP contribution is 2.25. The molecule has 2 amide bonds. The predicted molar refractivity (Wildman–Crippen MR) is 96.4 cm³/mol. The summed E-state index contributed by atoms with van der Waals surface area (Å²) in [5.41, 5.74) is 1.58. The van der Waals surface area contributed by atoms with Crippen molar-refractivity contribution in [2.45, 2.75) is 45.1 Å². The number of aliphatic hydroxyl groups excluding tert-OH is 1. The summed E-state index contributed by atoms with van der Waals surface area (Å²) in [6, 6.07) is 7.17. The number of aliphatic hydroxyl groups is 1. The zero-order valence-electron chi connectivity index (χ0n) is 14.7. The lowest BCUT2D eigenvalue weighted by Gasteiger charge is -2.12. The lowest BCUT2D eigenvalue weighted by molar-refractivity contribution is 0.177. The lowest BCUT2D eigenvalue weighted by atomic mass is 10.1. The highest BCUT2D eigenvalue weighted by atomic mass is 16.4. The Morgan fingerprint density at radius 1 is 1.32 bits per heavy atom. The molecular formula is C19H25N3O3. The molecule has 25 heavy (non-hydrogen) atoms. The molecule has 1 heterocycles. The molecule has 3 rings (SSSR count). The van der Waals surface area contributed by atoms with E-state index in [-0.39, 0.29) is 12.1 Å². The van der Waals surface area contributed by atoms with E-state index in [1.165, 1.54) is 0 Å². The van der Waals surface area contributed by atoms with Crippen LogP contribution >= 0.6 is 0 Å². The molecule has 1 aliphatic rings. The van der Waals surface area contributed by atoms with Crippen LogP contribution in [0.5, 0.6) is 0 Å². The Morgan fingerprint density at radius 3 is 2.68 bits per heavy atom. The van der Waals surface area contributed by atoms with Crippen LogP contribution in [0.3, 0.4) is 0 Å². The second-order valence-corrected chi connectivity index (χ2v) is 6.97. The van der Waals surface area contributed by atoms with Gasteiger partial charge < -0.3 is 20.2 Å². The van der Waals surface area contributed by atoms with Crippen LogP contribution in [0.4, 0.5) is 10.5 Å². The first-order valence-electron chi connectivity index (χ1n) is 8.80. The number of carbonyl (C=O) groups is 1. The van der Waals surface area contributed by atoms with E-state index in [2.05, 4.69) is 29.5 Å². The highest BCUT2D eigenvalue weighted by molar-refractivity contribution is 5.89. The fourth-order valence-electron chi connectivity index (χ4n) is 3.03. The molecule has 6 nitrogen and oxygen atoms in total. The number of urea groups is 1. The fourth-order valence-corrected chi connectivity index (χ4v) is 3.03. The van der Waals surface area contributed by atoms with Crippen LogP contribution < -0.4 is 10.6 Å². The largest absolute Gasteiger partial charge is 0.441 e. The molecule has 0 spiro atoms. The summed E-state index contributed by atoms with van der Waals surface area (Å²) in [5.74, 6) is 2.10. The summed E-state index contributed by atoms with van der Waals surface area (Å²) >= 11 is 0. The number of hydrogen-bond donors (Lipinski definition) is 3. The van der Waals surface area contributed by atoms with E-state index in [0.29, 0.717) is 30.0 Å². The maximum Gasteiger partial charge on any atom is 0.319 e. The summed E-state index contributed by atoms with van der Waals surface area (Å²) in [7, 11) is 0. The van der Waals surface area contributed by atoms with Gasteiger partial charge in [-0.25, -0.2) is 9.78 Å². The van der Waals surface area contributed by atoms with Crippen molar-refractivity contribution in [1.82, 2.24) is 10.3 Å². The Labute approximate surface area is 147 Å². The van der Waals surface area contributed by atoms with E-state index in [1.54, 1.807) is 6.20 Å². The highest BCUT2D eigenvalue weighted by Gasteiger charge is 2.22. The van der Waals surface area contributed by atoms with Crippen LogP contribution in [-0.2, 0) is 0 Å². The maximum absolute atomic E-state index is 12.0. The van der Waals surface area contributed by atoms with Gasteiger partial charge in [-0.1, -0.05) is 13.8 Å². The molecule has 0 bridgehead atoms. The van der Waals surface area contributed by atoms with Gasteiger partial charge in [-0.2, -0.15) is 0 Å². The maximum atomic E-state index is 12.0. The number of nitrogens with one attached hydrogen (secondary N) is 2. The molecule has 3 N–H and O–H groups in total. The van der Waals surface area contributed by atoms with Gasteiger partial charge in [-0.05, 0) is 49.4 Å². The average Bonchev–Trinajstić information content (AvgIpc) is 3.23. The number of oxazole rings is 1. The molecule has 0 unspecified atom stereocenters. The number of hydrogen-bond acceptors (Lipinski definition) is 4. The van der Waals surface area contributed by atoms with Gasteiger partial charge in [-0.3, -0.25) is 0 Å². The molecule has 1 aliphatic carbocycles. The van der Waals surface area contributed by atoms with Crippen molar-refractivity contribution in [3.63, 3.8) is 0 Å². The minimum absolute atomic E-state index is 0.214. The first kappa shape index (κ1) is 17.5. The number of aromatic nitrogens is 1. The summed E-state index contributed by atoms with van der Waals surface area (Å²) in [4.78, 5) is 16.3. The topological polar surface area (TPSA) is 87.4 Å². The number of benzene rings is 1. The van der Waals surface area contributed by atoms with Crippen molar-refractivity contribution >= 4 is 11.7 Å². The van der Waals surface area contributed by atoms with Crippen LogP contribution in [0.1, 0.15) is 44.8 Å². The zero-order valence-corrected chi connectivity index (χ0v) is 14.7. The molecule has 1 aromatic heterocycles. The molecule has 1 fully saturated rings. The molecule has 0 saturated heterocycles. The number of nitrogens with zero attached hydrogens (tertiary/aromatic N) is 1. The number of amides is 2. The Bertz CT molecular complexity index is 709. The summed E-state index contributed by atoms with van der Waals surface area (Å²) in [6.45, 7) is 4.71. The third-order valence-electron chi connectivity index (χ3n) is 4.55. The summed E-state index contributed by atoms with van der Waals surface area (Å²) in [6.07, 6.45) is 4.09. The van der Waals surface area contributed by atoms with Crippen LogP contribution in [0, 0.1) is 5.92 Å². The minimum atomic E-state index is -0.229. The molecule has 1 aromatic carbocycles. The van der Waals surface area contributed by atoms with Gasteiger partial charge in [0.2, 0.25) is 5.89 Å². The normalized spacial score (nSPS) is 20.0. The number of rotatable bonds is 5. The van der Waals surface area contributed by atoms with Crippen LogP contribution in [0.15, 0.2) is 34.9 Å². The van der Waals surface area contributed by atoms with Gasteiger partial charge >= 0.3 is 6.03 Å². The first-order valence-corrected chi connectivity index (χ1v) is 8.80. The van der Waals surface area contributed by atoms with Crippen LogP contribution in [0.2, 0.25) is 0 Å². The smallest absolute Gasteiger partial charge is 0.319 e. The zero-order chi connectivity index (χ0) is 17.8. The van der Waals surface area contributed by atoms with E-state index in [0.717, 1.165) is 30.6 Å². The molecule has 134 valence electrons. The third kappa shape index (κ3) is 4.60. The van der Waals surface area contributed by atoms with Gasteiger partial charge in [0.15, 0.2) is 0 Å². The summed E-state index contributed by atoms with van der Waals surface area (Å²) < 4.78 is 5.73. The minimum Gasteiger partial charge on any atom is -0.441 e. The van der Waals surface area contributed by atoms with Crippen LogP contribution in [-0.4, -0.2) is 28.8 Å². The molecular weight excluding hydrogens is 318 g/mol. The van der Waals surface area contributed by atoms with Gasteiger partial charge in [-0.15, -0.1) is 0 Å². The van der Waals surface area contributed by atoms with E-state index in [9.17, 15) is 9.90 Å². The molecule has 2 atom stereocenters. The second-order valence-electron chi connectivity index (χ2n) is 6.97. The lowest BCUT2D eigenvalue weighted by Crippen LogP contribution is -2.32. The van der Waals surface area contributed by atoms with Gasteiger partial charge in [0.1, 0.15) is 5.76 Å². The monoisotopic (exact) mass is 343 g/mol. The third-order valence-corrected chi connectivity index (χ3v) is 4.55. The molecule has 6 heteroatoms. The van der Waals surface area contributed by atoms with Gasteiger partial charge in [0, 0.05) is 23.7 Å². The molecule has 1 saturated carbocycles. The van der Waals surface area contributed by atoms with E-state index in [4.69, 9.17) is 4.42 Å². The quantitative estimate of drug-likeness (QED) is 0.771. The van der Waals surface area contributed by atoms with Crippen molar-refractivity contribution in [3.05, 3.63) is 36.2 Å². The second kappa shape index (κ2) is 7.70. The Kier molecular flexibility index (Phi) is 5.38. The Morgan fingerprint density at radius 2 is 2.08 bits per heavy atom. The first-order chi connectivity index (χ1) is 12.0. The van der Waals surface area contributed by atoms with Crippen LogP contribution in [0.25, 0.3) is 11.5 Å². The Hall–Kier alpha value is -2.34. The van der Waals surface area contributed by atoms with E-state index in [1.807, 2.05) is 24.3 Å². The predicted octanol–water partition coefficient (Wildman–Crippen LogP) is 3.75.